The first kappa shape index (κ1) is 16.6. The summed E-state index contributed by atoms with van der Waals surface area (Å²) in [5.74, 6) is 1.60. The molecular weight excluding hydrogens is 345 g/mol. The zero-order valence-electron chi connectivity index (χ0n) is 11.5. The Bertz CT molecular complexity index is 840. The van der Waals surface area contributed by atoms with Crippen LogP contribution in [0.3, 0.4) is 0 Å². The minimum absolute atomic E-state index is 0. The van der Waals surface area contributed by atoms with Crippen molar-refractivity contribution >= 4 is 52.3 Å². The molecule has 0 bridgehead atoms. The minimum Gasteiger partial charge on any atom is -0.497 e. The van der Waals surface area contributed by atoms with Crippen LogP contribution in [-0.4, -0.2) is 17.1 Å². The monoisotopic (exact) mass is 355 g/mol. The summed E-state index contributed by atoms with van der Waals surface area (Å²) in [6.07, 6.45) is 0. The van der Waals surface area contributed by atoms with Gasteiger partial charge in [-0.15, -0.1) is 12.4 Å². The molecule has 0 atom stereocenters. The Morgan fingerprint density at radius 2 is 1.77 bits per heavy atom. The van der Waals surface area contributed by atoms with Crippen LogP contribution >= 0.6 is 35.6 Å². The van der Waals surface area contributed by atoms with Gasteiger partial charge in [0.05, 0.1) is 22.7 Å². The Hall–Kier alpha value is -1.75. The molecule has 114 valence electrons. The number of benzene rings is 2. The van der Waals surface area contributed by atoms with Crippen molar-refractivity contribution in [2.24, 2.45) is 0 Å². The molecule has 1 heterocycles. The summed E-state index contributed by atoms with van der Waals surface area (Å²) in [5.41, 5.74) is 7.52. The maximum atomic E-state index is 6.03. The lowest BCUT2D eigenvalue weighted by molar-refractivity contribution is 0.415. The van der Waals surface area contributed by atoms with E-state index < -0.39 is 0 Å². The Labute approximate surface area is 143 Å². The molecule has 3 aromatic rings. The number of halogens is 3. The standard InChI is InChI=1S/C15H11Cl2N3O.ClH/c1-21-9-3-5-13-10(7-9)14(18)20-15(19-13)8-2-4-11(16)12(17)6-8;/h2-7H,1H3,(H2,18,19,20);1H. The number of ether oxygens (including phenoxy) is 1. The largest absolute Gasteiger partial charge is 0.497 e. The van der Waals surface area contributed by atoms with Crippen molar-refractivity contribution in [3.63, 3.8) is 0 Å². The van der Waals surface area contributed by atoms with Gasteiger partial charge < -0.3 is 10.5 Å². The van der Waals surface area contributed by atoms with E-state index in [-0.39, 0.29) is 12.4 Å². The lowest BCUT2D eigenvalue weighted by Crippen LogP contribution is -1.98. The summed E-state index contributed by atoms with van der Waals surface area (Å²) in [7, 11) is 1.60. The highest BCUT2D eigenvalue weighted by Gasteiger charge is 2.10. The summed E-state index contributed by atoms with van der Waals surface area (Å²) in [5, 5.41) is 1.68. The number of fused-ring (bicyclic) bond motifs is 1. The van der Waals surface area contributed by atoms with Gasteiger partial charge >= 0.3 is 0 Å². The number of aromatic nitrogens is 2. The fourth-order valence-electron chi connectivity index (χ4n) is 2.02. The molecule has 1 aromatic heterocycles. The van der Waals surface area contributed by atoms with Crippen molar-refractivity contribution in [3.8, 4) is 17.1 Å². The summed E-state index contributed by atoms with van der Waals surface area (Å²) in [4.78, 5) is 8.83. The highest BCUT2D eigenvalue weighted by atomic mass is 35.5. The average Bonchev–Trinajstić information content (AvgIpc) is 2.49. The summed E-state index contributed by atoms with van der Waals surface area (Å²) in [6.45, 7) is 0. The van der Waals surface area contributed by atoms with E-state index >= 15 is 0 Å². The molecule has 0 aliphatic rings. The molecule has 0 saturated heterocycles. The van der Waals surface area contributed by atoms with Gasteiger partial charge in [-0.05, 0) is 36.4 Å². The Morgan fingerprint density at radius 3 is 2.45 bits per heavy atom. The van der Waals surface area contributed by atoms with Crippen LogP contribution < -0.4 is 10.5 Å². The first-order chi connectivity index (χ1) is 10.1. The van der Waals surface area contributed by atoms with Gasteiger partial charge in [-0.25, -0.2) is 9.97 Å². The van der Waals surface area contributed by atoms with Crippen LogP contribution in [0.5, 0.6) is 5.75 Å². The van der Waals surface area contributed by atoms with E-state index in [9.17, 15) is 0 Å². The Morgan fingerprint density at radius 1 is 1.00 bits per heavy atom. The fraction of sp³-hybridized carbons (Fsp3) is 0.0667. The van der Waals surface area contributed by atoms with E-state index in [1.54, 1.807) is 25.3 Å². The van der Waals surface area contributed by atoms with Crippen LogP contribution in [-0.2, 0) is 0 Å². The van der Waals surface area contributed by atoms with Crippen molar-refractivity contribution in [1.82, 2.24) is 9.97 Å². The van der Waals surface area contributed by atoms with E-state index in [4.69, 9.17) is 33.7 Å². The quantitative estimate of drug-likeness (QED) is 0.728. The van der Waals surface area contributed by atoms with E-state index in [0.717, 1.165) is 16.5 Å². The lowest BCUT2D eigenvalue weighted by atomic mass is 10.1. The van der Waals surface area contributed by atoms with Gasteiger partial charge in [-0.3, -0.25) is 0 Å². The van der Waals surface area contributed by atoms with E-state index in [0.29, 0.717) is 27.4 Å². The normalized spacial score (nSPS) is 10.3. The number of hydrogen-bond donors (Lipinski definition) is 1. The molecule has 3 rings (SSSR count). The van der Waals surface area contributed by atoms with Gasteiger partial charge in [0, 0.05) is 10.9 Å². The van der Waals surface area contributed by atoms with Crippen LogP contribution in [0, 0.1) is 0 Å². The molecule has 0 radical (unpaired) electrons. The number of nitrogens with two attached hydrogens (primary N) is 1. The van der Waals surface area contributed by atoms with E-state index in [1.807, 2.05) is 18.2 Å². The van der Waals surface area contributed by atoms with Crippen LogP contribution in [0.25, 0.3) is 22.3 Å². The molecule has 0 aliphatic heterocycles. The lowest BCUT2D eigenvalue weighted by Gasteiger charge is -2.08. The molecule has 0 amide bonds. The molecule has 2 N–H and O–H groups in total. The van der Waals surface area contributed by atoms with Crippen LogP contribution in [0.1, 0.15) is 0 Å². The number of rotatable bonds is 2. The van der Waals surface area contributed by atoms with Gasteiger partial charge in [0.1, 0.15) is 11.6 Å². The SMILES string of the molecule is COc1ccc2nc(-c3ccc(Cl)c(Cl)c3)nc(N)c2c1.Cl. The second-order valence-corrected chi connectivity index (χ2v) is 5.26. The third-order valence-electron chi connectivity index (χ3n) is 3.11. The molecule has 0 aliphatic carbocycles. The smallest absolute Gasteiger partial charge is 0.162 e. The van der Waals surface area contributed by atoms with Crippen LogP contribution in [0.4, 0.5) is 5.82 Å². The van der Waals surface area contributed by atoms with Crippen LogP contribution in [0.2, 0.25) is 10.0 Å². The fourth-order valence-corrected chi connectivity index (χ4v) is 2.32. The zero-order chi connectivity index (χ0) is 15.0. The third-order valence-corrected chi connectivity index (χ3v) is 3.85. The van der Waals surface area contributed by atoms with E-state index in [2.05, 4.69) is 9.97 Å². The summed E-state index contributed by atoms with van der Waals surface area (Å²) >= 11 is 11.9. The molecule has 0 saturated carbocycles. The van der Waals surface area contributed by atoms with Crippen molar-refractivity contribution in [3.05, 3.63) is 46.4 Å². The predicted octanol–water partition coefficient (Wildman–Crippen LogP) is 4.62. The second-order valence-electron chi connectivity index (χ2n) is 4.44. The highest BCUT2D eigenvalue weighted by Crippen LogP contribution is 2.30. The number of hydrogen-bond acceptors (Lipinski definition) is 4. The first-order valence-corrected chi connectivity index (χ1v) is 6.91. The predicted molar refractivity (Wildman–Crippen MR) is 93.2 cm³/mol. The number of nitrogens with zero attached hydrogens (tertiary/aromatic N) is 2. The molecule has 0 unspecified atom stereocenters. The highest BCUT2D eigenvalue weighted by molar-refractivity contribution is 6.42. The number of methoxy groups -OCH3 is 1. The number of nitrogen functional groups attached to an aromatic ring is 1. The van der Waals surface area contributed by atoms with Crippen LogP contribution in [0.15, 0.2) is 36.4 Å². The Kier molecular flexibility index (Phi) is 4.96. The first-order valence-electron chi connectivity index (χ1n) is 6.15. The molecule has 2 aromatic carbocycles. The van der Waals surface area contributed by atoms with Crippen molar-refractivity contribution in [2.75, 3.05) is 12.8 Å². The van der Waals surface area contributed by atoms with Gasteiger partial charge in [-0.2, -0.15) is 0 Å². The molecule has 0 fully saturated rings. The molecule has 7 heteroatoms. The zero-order valence-corrected chi connectivity index (χ0v) is 13.8. The second kappa shape index (κ2) is 6.57. The molecule has 22 heavy (non-hydrogen) atoms. The number of anilines is 1. The van der Waals surface area contributed by atoms with Crippen molar-refractivity contribution < 1.29 is 4.74 Å². The minimum atomic E-state index is 0. The molecular formula is C15H12Cl3N3O. The van der Waals surface area contributed by atoms with Crippen molar-refractivity contribution in [1.29, 1.82) is 0 Å². The molecule has 0 spiro atoms. The third kappa shape index (κ3) is 3.04. The van der Waals surface area contributed by atoms with Crippen molar-refractivity contribution in [2.45, 2.75) is 0 Å². The average molecular weight is 357 g/mol. The maximum absolute atomic E-state index is 6.03. The topological polar surface area (TPSA) is 61.0 Å². The summed E-state index contributed by atoms with van der Waals surface area (Å²) in [6, 6.07) is 10.7. The van der Waals surface area contributed by atoms with E-state index in [1.165, 1.54) is 0 Å². The maximum Gasteiger partial charge on any atom is 0.162 e. The Balaban J connectivity index is 0.00000176. The van der Waals surface area contributed by atoms with Gasteiger partial charge in [-0.1, -0.05) is 23.2 Å². The van der Waals surface area contributed by atoms with Gasteiger partial charge in [0.2, 0.25) is 0 Å². The molecule has 4 nitrogen and oxygen atoms in total. The van der Waals surface area contributed by atoms with Gasteiger partial charge in [0.25, 0.3) is 0 Å². The summed E-state index contributed by atoms with van der Waals surface area (Å²) < 4.78 is 5.18. The van der Waals surface area contributed by atoms with Gasteiger partial charge in [0.15, 0.2) is 5.82 Å².